The molecule has 0 saturated carbocycles. The van der Waals surface area contributed by atoms with Crippen LogP contribution in [0.25, 0.3) is 0 Å². The normalized spacial score (nSPS) is 12.0. The van der Waals surface area contributed by atoms with Crippen LogP contribution in [0, 0.1) is 0 Å². The van der Waals surface area contributed by atoms with Crippen LogP contribution in [-0.2, 0) is 4.79 Å². The second kappa shape index (κ2) is 7.97. The minimum Gasteiger partial charge on any atom is -0.393 e. The van der Waals surface area contributed by atoms with E-state index in [0.717, 1.165) is 0 Å². The number of urea groups is 1. The predicted molar refractivity (Wildman–Crippen MR) is 70.7 cm³/mol. The molecular weight excluding hydrogens is 240 g/mol. The van der Waals surface area contributed by atoms with Gasteiger partial charge in [0.15, 0.2) is 0 Å². The van der Waals surface area contributed by atoms with Crippen LogP contribution in [0.4, 0.5) is 4.79 Å². The zero-order valence-electron chi connectivity index (χ0n) is 10.4. The van der Waals surface area contributed by atoms with Crippen LogP contribution in [0.2, 0.25) is 0 Å². The Morgan fingerprint density at radius 1 is 1.47 bits per heavy atom. The molecule has 4 N–H and O–H groups in total. The molecule has 0 aromatic rings. The average Bonchev–Trinajstić information content (AvgIpc) is 2.28. The van der Waals surface area contributed by atoms with Gasteiger partial charge in [-0.25, -0.2) is 4.79 Å². The number of rotatable bonds is 6. The van der Waals surface area contributed by atoms with E-state index in [2.05, 4.69) is 10.6 Å². The van der Waals surface area contributed by atoms with E-state index in [1.54, 1.807) is 6.92 Å². The smallest absolute Gasteiger partial charge is 0.321 e. The minimum atomic E-state index is -0.507. The molecule has 98 valence electrons. The molecule has 6 nitrogen and oxygen atoms in total. The fraction of sp³-hybridized carbons (Fsp3) is 0.700. The second-order valence-electron chi connectivity index (χ2n) is 3.59. The van der Waals surface area contributed by atoms with Crippen molar-refractivity contribution in [2.75, 3.05) is 20.1 Å². The number of thiocarbonyl (C=S) groups is 1. The van der Waals surface area contributed by atoms with E-state index in [0.29, 0.717) is 24.5 Å². The van der Waals surface area contributed by atoms with Gasteiger partial charge in [0.1, 0.15) is 0 Å². The van der Waals surface area contributed by atoms with Gasteiger partial charge in [0.25, 0.3) is 0 Å². The van der Waals surface area contributed by atoms with Crippen molar-refractivity contribution in [1.29, 1.82) is 0 Å². The lowest BCUT2D eigenvalue weighted by molar-refractivity contribution is -0.124. The number of hydrogen-bond donors (Lipinski definition) is 3. The number of carbonyl (C=O) groups excluding carboxylic acids is 2. The van der Waals surface area contributed by atoms with Gasteiger partial charge in [-0.05, 0) is 13.5 Å². The van der Waals surface area contributed by atoms with Crippen molar-refractivity contribution in [1.82, 2.24) is 15.5 Å². The largest absolute Gasteiger partial charge is 0.393 e. The number of nitrogens with one attached hydrogen (secondary N) is 2. The number of amides is 3. The van der Waals surface area contributed by atoms with E-state index in [9.17, 15) is 9.59 Å². The summed E-state index contributed by atoms with van der Waals surface area (Å²) in [4.78, 5) is 25.0. The molecule has 0 spiro atoms. The maximum absolute atomic E-state index is 11.7. The Kier molecular flexibility index (Phi) is 7.40. The third kappa shape index (κ3) is 6.18. The van der Waals surface area contributed by atoms with Crippen molar-refractivity contribution in [2.24, 2.45) is 5.73 Å². The van der Waals surface area contributed by atoms with Crippen molar-refractivity contribution >= 4 is 29.1 Å². The molecule has 0 fully saturated rings. The van der Waals surface area contributed by atoms with Crippen molar-refractivity contribution in [3.8, 4) is 0 Å². The van der Waals surface area contributed by atoms with Crippen LogP contribution >= 0.6 is 12.2 Å². The van der Waals surface area contributed by atoms with Gasteiger partial charge in [0.05, 0.1) is 11.0 Å². The Labute approximate surface area is 107 Å². The Morgan fingerprint density at radius 2 is 2.06 bits per heavy atom. The summed E-state index contributed by atoms with van der Waals surface area (Å²) >= 11 is 4.79. The van der Waals surface area contributed by atoms with E-state index in [1.807, 2.05) is 11.8 Å². The van der Waals surface area contributed by atoms with Gasteiger partial charge in [-0.3, -0.25) is 15.0 Å². The molecule has 0 aliphatic rings. The molecule has 0 rings (SSSR count). The zero-order valence-corrected chi connectivity index (χ0v) is 11.3. The van der Waals surface area contributed by atoms with Crippen LogP contribution < -0.4 is 16.4 Å². The number of nitrogens with zero attached hydrogens (tertiary/aromatic N) is 1. The molecule has 0 aromatic carbocycles. The summed E-state index contributed by atoms with van der Waals surface area (Å²) in [5.74, 6) is -0.339. The molecule has 0 aromatic heterocycles. The molecule has 0 radical (unpaired) electrons. The van der Waals surface area contributed by atoms with Crippen LogP contribution in [0.5, 0.6) is 0 Å². The van der Waals surface area contributed by atoms with Crippen molar-refractivity contribution < 1.29 is 9.59 Å². The molecule has 1 unspecified atom stereocenters. The molecule has 0 heterocycles. The topological polar surface area (TPSA) is 87.5 Å². The van der Waals surface area contributed by atoms with Crippen molar-refractivity contribution in [3.05, 3.63) is 0 Å². The Bertz CT molecular complexity index is 296. The van der Waals surface area contributed by atoms with Gasteiger partial charge in [-0.15, -0.1) is 0 Å². The Balaban J connectivity index is 4.31. The standard InChI is InChI=1S/C10H20N4O2S/c1-4-14(6-5-8(11)17)7(2)9(15)13-10(16)12-3/h7H,4-6H2,1-3H3,(H2,11,17)(H2,12,13,15,16). The summed E-state index contributed by atoms with van der Waals surface area (Å²) in [5.41, 5.74) is 5.41. The third-order valence-corrected chi connectivity index (χ3v) is 2.65. The van der Waals surface area contributed by atoms with Crippen LogP contribution in [0.3, 0.4) is 0 Å². The maximum atomic E-state index is 11.7. The molecule has 3 amide bonds. The molecule has 0 aliphatic carbocycles. The van der Waals surface area contributed by atoms with E-state index in [-0.39, 0.29) is 5.91 Å². The minimum absolute atomic E-state index is 0.339. The first-order valence-electron chi connectivity index (χ1n) is 5.47. The van der Waals surface area contributed by atoms with Crippen LogP contribution in [0.1, 0.15) is 20.3 Å². The highest BCUT2D eigenvalue weighted by molar-refractivity contribution is 7.80. The fourth-order valence-electron chi connectivity index (χ4n) is 1.32. The molecule has 17 heavy (non-hydrogen) atoms. The summed E-state index contributed by atoms with van der Waals surface area (Å²) in [5, 5.41) is 4.56. The first kappa shape index (κ1) is 15.8. The Hall–Kier alpha value is -1.21. The van der Waals surface area contributed by atoms with Gasteiger partial charge in [-0.1, -0.05) is 19.1 Å². The number of likely N-dealkylation sites (N-methyl/N-ethyl adjacent to an activating group) is 1. The third-order valence-electron chi connectivity index (χ3n) is 2.44. The van der Waals surface area contributed by atoms with E-state index >= 15 is 0 Å². The van der Waals surface area contributed by atoms with Gasteiger partial charge >= 0.3 is 6.03 Å². The number of hydrogen-bond acceptors (Lipinski definition) is 4. The first-order chi connectivity index (χ1) is 7.92. The number of nitrogens with two attached hydrogens (primary N) is 1. The van der Waals surface area contributed by atoms with Crippen molar-refractivity contribution in [2.45, 2.75) is 26.3 Å². The molecule has 1 atom stereocenters. The molecule has 7 heteroatoms. The predicted octanol–water partition coefficient (Wildman–Crippen LogP) is -0.171. The van der Waals surface area contributed by atoms with E-state index in [4.69, 9.17) is 18.0 Å². The lowest BCUT2D eigenvalue weighted by atomic mass is 10.2. The van der Waals surface area contributed by atoms with Crippen LogP contribution in [0.15, 0.2) is 0 Å². The maximum Gasteiger partial charge on any atom is 0.321 e. The fourth-order valence-corrected chi connectivity index (χ4v) is 1.42. The first-order valence-corrected chi connectivity index (χ1v) is 5.88. The average molecular weight is 260 g/mol. The van der Waals surface area contributed by atoms with E-state index < -0.39 is 12.1 Å². The SMILES string of the molecule is CCN(CCC(N)=S)C(C)C(=O)NC(=O)NC. The van der Waals surface area contributed by atoms with Gasteiger partial charge in [0, 0.05) is 20.0 Å². The van der Waals surface area contributed by atoms with Gasteiger partial charge < -0.3 is 11.1 Å². The molecule has 0 aliphatic heterocycles. The highest BCUT2D eigenvalue weighted by atomic mass is 32.1. The quantitative estimate of drug-likeness (QED) is 0.577. The highest BCUT2D eigenvalue weighted by Gasteiger charge is 2.21. The van der Waals surface area contributed by atoms with Crippen molar-refractivity contribution in [3.63, 3.8) is 0 Å². The van der Waals surface area contributed by atoms with Gasteiger partial charge in [0.2, 0.25) is 5.91 Å². The highest BCUT2D eigenvalue weighted by Crippen LogP contribution is 2.00. The summed E-state index contributed by atoms with van der Waals surface area (Å²) < 4.78 is 0. The molecular formula is C10H20N4O2S. The summed E-state index contributed by atoms with van der Waals surface area (Å²) in [6.45, 7) is 4.96. The van der Waals surface area contributed by atoms with Gasteiger partial charge in [-0.2, -0.15) is 0 Å². The molecule has 0 bridgehead atoms. The number of imide groups is 1. The summed E-state index contributed by atoms with van der Waals surface area (Å²) in [6, 6.07) is -0.904. The lowest BCUT2D eigenvalue weighted by Crippen LogP contribution is -2.49. The molecule has 0 saturated heterocycles. The monoisotopic (exact) mass is 260 g/mol. The number of carbonyl (C=O) groups is 2. The summed E-state index contributed by atoms with van der Waals surface area (Å²) in [6.07, 6.45) is 0.556. The Morgan fingerprint density at radius 3 is 2.47 bits per heavy atom. The zero-order chi connectivity index (χ0) is 13.4. The van der Waals surface area contributed by atoms with E-state index in [1.165, 1.54) is 7.05 Å². The summed E-state index contributed by atoms with van der Waals surface area (Å²) in [7, 11) is 1.46. The lowest BCUT2D eigenvalue weighted by Gasteiger charge is -2.26. The van der Waals surface area contributed by atoms with Crippen LogP contribution in [-0.4, -0.2) is 48.0 Å². The second-order valence-corrected chi connectivity index (χ2v) is 4.11.